The van der Waals surface area contributed by atoms with Crippen LogP contribution in [0.5, 0.6) is 0 Å². The van der Waals surface area contributed by atoms with E-state index >= 15 is 0 Å². The van der Waals surface area contributed by atoms with E-state index in [0.717, 1.165) is 4.47 Å². The van der Waals surface area contributed by atoms with Gasteiger partial charge in [0.05, 0.1) is 26.4 Å². The lowest BCUT2D eigenvalue weighted by Gasteiger charge is -2.24. The van der Waals surface area contributed by atoms with Crippen LogP contribution < -0.4 is 0 Å². The van der Waals surface area contributed by atoms with Crippen LogP contribution in [0.3, 0.4) is 0 Å². The molecule has 6 nitrogen and oxygen atoms in total. The normalized spacial score (nSPS) is 11.9. The molecule has 0 aromatic heterocycles. The van der Waals surface area contributed by atoms with Crippen molar-refractivity contribution >= 4 is 31.9 Å². The molecule has 2 aromatic carbocycles. The highest BCUT2D eigenvalue weighted by molar-refractivity contribution is 9.10. The van der Waals surface area contributed by atoms with E-state index in [1.165, 1.54) is 18.2 Å². The smallest absolute Gasteiger partial charge is 0.162 e. The molecule has 0 spiro atoms. The van der Waals surface area contributed by atoms with Crippen molar-refractivity contribution in [2.45, 2.75) is 65.7 Å². The first-order valence-electron chi connectivity index (χ1n) is 10.3. The van der Waals surface area contributed by atoms with E-state index in [-0.39, 0.29) is 37.8 Å². The molecular weight excluding hydrogens is 582 g/mol. The highest BCUT2D eigenvalue weighted by Crippen LogP contribution is 2.26. The first-order chi connectivity index (χ1) is 15.8. The van der Waals surface area contributed by atoms with Gasteiger partial charge in [0.25, 0.3) is 0 Å². The zero-order valence-electron chi connectivity index (χ0n) is 20.2. The summed E-state index contributed by atoms with van der Waals surface area (Å²) >= 11 is 6.58. The van der Waals surface area contributed by atoms with Gasteiger partial charge in [0.15, 0.2) is 11.6 Å². The fourth-order valence-corrected chi connectivity index (χ4v) is 3.36. The van der Waals surface area contributed by atoms with Gasteiger partial charge in [-0.05, 0) is 63.1 Å². The first kappa shape index (κ1) is 31.1. The summed E-state index contributed by atoms with van der Waals surface area (Å²) in [6, 6.07) is 5.80. The molecule has 0 unspecified atom stereocenters. The Morgan fingerprint density at radius 3 is 1.53 bits per heavy atom. The van der Waals surface area contributed by atoms with Crippen LogP contribution in [0.4, 0.5) is 8.78 Å². The Morgan fingerprint density at radius 1 is 0.676 bits per heavy atom. The topological polar surface area (TPSA) is 77.4 Å². The minimum absolute atomic E-state index is 0.121. The van der Waals surface area contributed by atoms with Crippen LogP contribution in [0.2, 0.25) is 0 Å². The third-order valence-corrected chi connectivity index (χ3v) is 6.38. The van der Waals surface area contributed by atoms with Gasteiger partial charge < -0.3 is 29.2 Å². The molecule has 2 rings (SSSR count). The Bertz CT molecular complexity index is 863. The molecule has 192 valence electrons. The molecule has 2 N–H and O–H groups in total. The van der Waals surface area contributed by atoms with Crippen molar-refractivity contribution in [3.63, 3.8) is 0 Å². The van der Waals surface area contributed by atoms with Crippen molar-refractivity contribution in [2.75, 3.05) is 14.2 Å². The molecule has 0 saturated heterocycles. The third kappa shape index (κ3) is 9.94. The van der Waals surface area contributed by atoms with E-state index in [9.17, 15) is 8.78 Å². The van der Waals surface area contributed by atoms with Crippen LogP contribution in [0.25, 0.3) is 0 Å². The zero-order chi connectivity index (χ0) is 26.1. The zero-order valence-corrected chi connectivity index (χ0v) is 23.3. The average molecular weight is 614 g/mol. The van der Waals surface area contributed by atoms with Gasteiger partial charge in [0.1, 0.15) is 11.6 Å². The van der Waals surface area contributed by atoms with Gasteiger partial charge in [-0.3, -0.25) is 0 Å². The second-order valence-corrected chi connectivity index (χ2v) is 9.88. The van der Waals surface area contributed by atoms with Crippen molar-refractivity contribution in [1.29, 1.82) is 0 Å². The van der Waals surface area contributed by atoms with Crippen LogP contribution in [0, 0.1) is 11.6 Å². The predicted molar refractivity (Wildman–Crippen MR) is 132 cm³/mol. The number of benzene rings is 2. The summed E-state index contributed by atoms with van der Waals surface area (Å²) < 4.78 is 49.9. The molecule has 0 heterocycles. The van der Waals surface area contributed by atoms with Gasteiger partial charge in [0.2, 0.25) is 0 Å². The molecule has 0 radical (unpaired) electrons. The predicted octanol–water partition coefficient (Wildman–Crippen LogP) is 5.96. The highest BCUT2D eigenvalue weighted by atomic mass is 79.9. The highest BCUT2D eigenvalue weighted by Gasteiger charge is 2.20. The van der Waals surface area contributed by atoms with Gasteiger partial charge in [-0.2, -0.15) is 0 Å². The van der Waals surface area contributed by atoms with Crippen LogP contribution in [0.1, 0.15) is 49.9 Å². The molecule has 0 fully saturated rings. The molecule has 0 bridgehead atoms. The van der Waals surface area contributed by atoms with E-state index in [2.05, 4.69) is 31.9 Å². The lowest BCUT2D eigenvalue weighted by molar-refractivity contribution is -0.205. The minimum Gasteiger partial charge on any atom is -0.392 e. The lowest BCUT2D eigenvalue weighted by Crippen LogP contribution is -2.27. The van der Waals surface area contributed by atoms with Gasteiger partial charge in [-0.25, -0.2) is 8.78 Å². The fraction of sp³-hybridized carbons (Fsp3) is 0.500. The summed E-state index contributed by atoms with van der Waals surface area (Å²) in [7, 11) is 3.11. The number of hydrogen-bond donors (Lipinski definition) is 2. The van der Waals surface area contributed by atoms with Crippen molar-refractivity contribution in [3.8, 4) is 0 Å². The van der Waals surface area contributed by atoms with Crippen LogP contribution in [-0.2, 0) is 45.4 Å². The maximum Gasteiger partial charge on any atom is 0.162 e. The van der Waals surface area contributed by atoms with Crippen molar-refractivity contribution < 1.29 is 37.9 Å². The Kier molecular flexibility index (Phi) is 12.7. The molecule has 0 saturated carbocycles. The summed E-state index contributed by atoms with van der Waals surface area (Å²) in [6.45, 7) is 6.95. The Balaban J connectivity index is 0.000000404. The van der Waals surface area contributed by atoms with Crippen molar-refractivity contribution in [1.82, 2.24) is 0 Å². The van der Waals surface area contributed by atoms with E-state index in [4.69, 9.17) is 29.2 Å². The number of methoxy groups -OCH3 is 2. The van der Waals surface area contributed by atoms with Crippen molar-refractivity contribution in [2.24, 2.45) is 0 Å². The molecule has 0 amide bonds. The third-order valence-electron chi connectivity index (χ3n) is 4.91. The number of ether oxygens (including phenoxy) is 4. The Hall–Kier alpha value is -0.980. The van der Waals surface area contributed by atoms with E-state index < -0.39 is 17.4 Å². The van der Waals surface area contributed by atoms with Gasteiger partial charge >= 0.3 is 0 Å². The number of aliphatic hydroxyl groups is 2. The molecule has 0 atom stereocenters. The van der Waals surface area contributed by atoms with Gasteiger partial charge in [-0.15, -0.1) is 0 Å². The van der Waals surface area contributed by atoms with Gasteiger partial charge in [0, 0.05) is 34.3 Å². The Morgan fingerprint density at radius 2 is 1.06 bits per heavy atom. The van der Waals surface area contributed by atoms with Crippen LogP contribution in [-0.4, -0.2) is 36.0 Å². The summed E-state index contributed by atoms with van der Waals surface area (Å²) in [5.74, 6) is -2.32. The van der Waals surface area contributed by atoms with Gasteiger partial charge in [-0.1, -0.05) is 31.9 Å². The maximum absolute atomic E-state index is 14.2. The monoisotopic (exact) mass is 612 g/mol. The van der Waals surface area contributed by atoms with E-state index in [1.54, 1.807) is 48.0 Å². The fourth-order valence-electron chi connectivity index (χ4n) is 2.34. The SMILES string of the molecule is COC(C)(C)OCc1cc(Br)c(COC(C)(C)OC)cc1F.OCc1cc(Br)c(CO)cc1F. The minimum atomic E-state index is -0.761. The molecule has 2 aromatic rings. The summed E-state index contributed by atoms with van der Waals surface area (Å²) in [6.07, 6.45) is 0. The van der Waals surface area contributed by atoms with E-state index in [0.29, 0.717) is 21.2 Å². The maximum atomic E-state index is 14.2. The summed E-state index contributed by atoms with van der Waals surface area (Å²) in [5, 5.41) is 17.4. The molecular formula is C24H32Br2F2O6. The van der Waals surface area contributed by atoms with E-state index in [1.807, 2.05) is 0 Å². The summed E-state index contributed by atoms with van der Waals surface area (Å²) in [4.78, 5) is 0. The van der Waals surface area contributed by atoms with Crippen LogP contribution >= 0.6 is 31.9 Å². The molecule has 10 heteroatoms. The lowest BCUT2D eigenvalue weighted by atomic mass is 10.1. The second-order valence-electron chi connectivity index (χ2n) is 8.17. The first-order valence-corrected chi connectivity index (χ1v) is 11.9. The largest absolute Gasteiger partial charge is 0.392 e. The standard InChI is InChI=1S/C16H24BrFO4.C8H8BrFO2/c1-15(2,19-5)21-9-11-8-14(18)12(7-13(11)17)10-22-16(3,4)20-6;9-7-1-6(4-12)8(10)2-5(7)3-11/h7-8H,9-10H2,1-6H3;1-2,11-12H,3-4H2. The quantitative estimate of drug-likeness (QED) is 0.322. The number of halogens is 4. The Labute approximate surface area is 216 Å². The molecule has 0 aliphatic carbocycles. The molecule has 34 heavy (non-hydrogen) atoms. The summed E-state index contributed by atoms with van der Waals surface area (Å²) in [5.41, 5.74) is 1.85. The number of hydrogen-bond acceptors (Lipinski definition) is 6. The number of rotatable bonds is 10. The van der Waals surface area contributed by atoms with Crippen LogP contribution in [0.15, 0.2) is 33.2 Å². The average Bonchev–Trinajstić information content (AvgIpc) is 2.80. The van der Waals surface area contributed by atoms with Crippen molar-refractivity contribution in [3.05, 3.63) is 67.1 Å². The molecule has 0 aliphatic heterocycles. The molecule has 0 aliphatic rings. The number of aliphatic hydroxyl groups excluding tert-OH is 2. The second kappa shape index (κ2) is 13.9.